The normalized spacial score (nSPS) is 11.7. The molecule has 2 amide bonds. The Balaban J connectivity index is 1.01. The SMILES string of the molecule is O=C(O)NCc1cccc(-c2cccc(OCc3ccc(C(=O)NCCCCNC[C@H](O)c4ccc(O)c5[nH]c(=O)ccc45)o3)c2)c1. The molecule has 0 aliphatic heterocycles. The summed E-state index contributed by atoms with van der Waals surface area (Å²) in [7, 11) is 0. The van der Waals surface area contributed by atoms with Gasteiger partial charge in [0, 0.05) is 31.1 Å². The minimum Gasteiger partial charge on any atom is -0.506 e. The van der Waals surface area contributed by atoms with E-state index in [2.05, 4.69) is 20.9 Å². The summed E-state index contributed by atoms with van der Waals surface area (Å²) in [6.07, 6.45) is -0.441. The van der Waals surface area contributed by atoms with Gasteiger partial charge in [-0.3, -0.25) is 9.59 Å². The number of carboxylic acid groups (broad SMARTS) is 1. The lowest BCUT2D eigenvalue weighted by atomic mass is 10.0. The Labute approximate surface area is 270 Å². The van der Waals surface area contributed by atoms with Gasteiger partial charge in [0.05, 0.1) is 11.6 Å². The molecule has 1 atom stereocenters. The maximum absolute atomic E-state index is 12.6. The van der Waals surface area contributed by atoms with Gasteiger partial charge in [0.25, 0.3) is 5.91 Å². The molecule has 5 aromatic rings. The third kappa shape index (κ3) is 9.00. The van der Waals surface area contributed by atoms with Crippen LogP contribution in [0.4, 0.5) is 4.79 Å². The van der Waals surface area contributed by atoms with Crippen LogP contribution in [0, 0.1) is 0 Å². The van der Waals surface area contributed by atoms with Crippen molar-refractivity contribution in [3.63, 3.8) is 0 Å². The second-order valence-corrected chi connectivity index (χ2v) is 10.9. The number of aromatic hydroxyl groups is 1. The summed E-state index contributed by atoms with van der Waals surface area (Å²) in [5.74, 6) is 0.925. The van der Waals surface area contributed by atoms with E-state index in [1.165, 1.54) is 12.1 Å². The standard InChI is InChI=1S/C35H36N4O8/c40-29-12-10-27(28-11-14-32(42)39-33(28)29)30(41)20-36-15-1-2-16-37-34(43)31-13-9-26(47-31)21-46-25-8-4-7-24(18-25)23-6-3-5-22(17-23)19-38-35(44)45/h3-14,17-18,30,36,38,40-41H,1-2,15-16,19-21H2,(H,37,43)(H,39,42)(H,44,45)/t30-/m0/s1. The molecule has 5 rings (SSSR count). The molecule has 47 heavy (non-hydrogen) atoms. The Morgan fingerprint density at radius 1 is 0.894 bits per heavy atom. The summed E-state index contributed by atoms with van der Waals surface area (Å²) >= 11 is 0. The Hall–Kier alpha value is -5.59. The van der Waals surface area contributed by atoms with Gasteiger partial charge in [-0.1, -0.05) is 36.4 Å². The number of phenols is 1. The van der Waals surface area contributed by atoms with Crippen LogP contribution >= 0.6 is 0 Å². The number of aliphatic hydroxyl groups excluding tert-OH is 1. The fourth-order valence-electron chi connectivity index (χ4n) is 5.10. The molecule has 3 aromatic carbocycles. The van der Waals surface area contributed by atoms with E-state index in [9.17, 15) is 24.6 Å². The second kappa shape index (κ2) is 15.6. The van der Waals surface area contributed by atoms with Gasteiger partial charge >= 0.3 is 6.09 Å². The highest BCUT2D eigenvalue weighted by atomic mass is 16.5. The Morgan fingerprint density at radius 3 is 2.51 bits per heavy atom. The topological polar surface area (TPSA) is 186 Å². The van der Waals surface area contributed by atoms with E-state index in [-0.39, 0.29) is 42.7 Å². The van der Waals surface area contributed by atoms with Crippen LogP contribution in [-0.4, -0.2) is 51.9 Å². The number of carbonyl (C=O) groups is 2. The molecule has 0 bridgehead atoms. The Bertz CT molecular complexity index is 1900. The summed E-state index contributed by atoms with van der Waals surface area (Å²) < 4.78 is 11.6. The molecule has 12 heteroatoms. The minimum atomic E-state index is -1.08. The number of aromatic nitrogens is 1. The molecule has 0 aliphatic rings. The van der Waals surface area contributed by atoms with E-state index < -0.39 is 12.2 Å². The molecule has 7 N–H and O–H groups in total. The number of hydrogen-bond donors (Lipinski definition) is 7. The molecule has 2 heterocycles. The molecule has 12 nitrogen and oxygen atoms in total. The quantitative estimate of drug-likeness (QED) is 0.0798. The zero-order valence-corrected chi connectivity index (χ0v) is 25.5. The van der Waals surface area contributed by atoms with Crippen LogP contribution < -0.4 is 26.2 Å². The van der Waals surface area contributed by atoms with Crippen molar-refractivity contribution in [2.45, 2.75) is 32.1 Å². The highest BCUT2D eigenvalue weighted by Gasteiger charge is 2.14. The van der Waals surface area contributed by atoms with E-state index in [4.69, 9.17) is 14.3 Å². The van der Waals surface area contributed by atoms with Gasteiger partial charge in [0.2, 0.25) is 5.56 Å². The number of amides is 2. The Morgan fingerprint density at radius 2 is 1.68 bits per heavy atom. The first-order chi connectivity index (χ1) is 22.8. The molecular weight excluding hydrogens is 604 g/mol. The molecule has 244 valence electrons. The summed E-state index contributed by atoms with van der Waals surface area (Å²) in [6, 6.07) is 24.4. The van der Waals surface area contributed by atoms with Crippen LogP contribution in [0.3, 0.4) is 0 Å². The number of H-pyrrole nitrogens is 1. The number of aromatic amines is 1. The number of pyridine rings is 1. The molecule has 0 spiro atoms. The number of phenolic OH excluding ortho intramolecular Hbond substituents is 1. The van der Waals surface area contributed by atoms with Crippen LogP contribution in [0.25, 0.3) is 22.0 Å². The third-order valence-electron chi connectivity index (χ3n) is 7.47. The summed E-state index contributed by atoms with van der Waals surface area (Å²) in [5.41, 5.74) is 3.23. The fourth-order valence-corrected chi connectivity index (χ4v) is 5.10. The fraction of sp³-hybridized carbons (Fsp3) is 0.229. The number of hydrogen-bond acceptors (Lipinski definition) is 8. The second-order valence-electron chi connectivity index (χ2n) is 10.9. The van der Waals surface area contributed by atoms with Gasteiger partial charge in [0.1, 0.15) is 23.9 Å². The number of unbranched alkanes of at least 4 members (excludes halogenated alkanes) is 1. The van der Waals surface area contributed by atoms with Crippen LogP contribution in [0.1, 0.15) is 46.4 Å². The lowest BCUT2D eigenvalue weighted by molar-refractivity contribution is 0.0921. The van der Waals surface area contributed by atoms with Crippen molar-refractivity contribution >= 4 is 22.9 Å². The molecule has 0 saturated heterocycles. The molecule has 0 saturated carbocycles. The van der Waals surface area contributed by atoms with Crippen LogP contribution in [0.2, 0.25) is 0 Å². The lowest BCUT2D eigenvalue weighted by Crippen LogP contribution is -2.26. The van der Waals surface area contributed by atoms with Gasteiger partial charge in [-0.2, -0.15) is 0 Å². The van der Waals surface area contributed by atoms with Crippen molar-refractivity contribution in [3.8, 4) is 22.6 Å². The number of furan rings is 1. The van der Waals surface area contributed by atoms with Gasteiger partial charge in [0.15, 0.2) is 5.76 Å². The lowest BCUT2D eigenvalue weighted by Gasteiger charge is -2.15. The molecule has 0 radical (unpaired) electrons. The highest BCUT2D eigenvalue weighted by Crippen LogP contribution is 2.29. The van der Waals surface area contributed by atoms with Crippen molar-refractivity contribution < 1.29 is 34.1 Å². The number of aliphatic hydroxyl groups is 1. The number of benzene rings is 3. The molecular formula is C35H36N4O8. The number of rotatable bonds is 15. The number of nitrogens with one attached hydrogen (secondary N) is 4. The molecule has 2 aromatic heterocycles. The summed E-state index contributed by atoms with van der Waals surface area (Å²) in [6.45, 7) is 1.70. The van der Waals surface area contributed by atoms with Crippen molar-refractivity contribution in [1.29, 1.82) is 0 Å². The zero-order valence-electron chi connectivity index (χ0n) is 25.5. The zero-order chi connectivity index (χ0) is 33.2. The van der Waals surface area contributed by atoms with Crippen LogP contribution in [0.15, 0.2) is 94.1 Å². The van der Waals surface area contributed by atoms with Crippen LogP contribution in [-0.2, 0) is 13.2 Å². The molecule has 0 aliphatic carbocycles. The number of ether oxygens (including phenoxy) is 1. The smallest absolute Gasteiger partial charge is 0.404 e. The average Bonchev–Trinajstić information content (AvgIpc) is 3.56. The van der Waals surface area contributed by atoms with Crippen molar-refractivity contribution in [2.75, 3.05) is 19.6 Å². The van der Waals surface area contributed by atoms with E-state index in [1.54, 1.807) is 24.3 Å². The minimum absolute atomic E-state index is 0.0566. The van der Waals surface area contributed by atoms with Crippen molar-refractivity contribution in [1.82, 2.24) is 20.9 Å². The van der Waals surface area contributed by atoms with Crippen molar-refractivity contribution in [3.05, 3.63) is 118 Å². The maximum atomic E-state index is 12.6. The van der Waals surface area contributed by atoms with Gasteiger partial charge < -0.3 is 45.4 Å². The first-order valence-electron chi connectivity index (χ1n) is 15.2. The summed E-state index contributed by atoms with van der Waals surface area (Å²) in [4.78, 5) is 37.6. The first kappa shape index (κ1) is 32.8. The van der Waals surface area contributed by atoms with Crippen molar-refractivity contribution in [2.24, 2.45) is 0 Å². The summed E-state index contributed by atoms with van der Waals surface area (Å²) in [5, 5.41) is 38.5. The monoisotopic (exact) mass is 640 g/mol. The predicted octanol–water partition coefficient (Wildman–Crippen LogP) is 4.67. The van der Waals surface area contributed by atoms with E-state index in [0.717, 1.165) is 23.1 Å². The van der Waals surface area contributed by atoms with E-state index in [0.29, 0.717) is 47.5 Å². The highest BCUT2D eigenvalue weighted by molar-refractivity contribution is 5.91. The predicted molar refractivity (Wildman–Crippen MR) is 175 cm³/mol. The molecule has 0 unspecified atom stereocenters. The molecule has 0 fully saturated rings. The largest absolute Gasteiger partial charge is 0.506 e. The average molecular weight is 641 g/mol. The Kier molecular flexibility index (Phi) is 10.9. The van der Waals surface area contributed by atoms with E-state index >= 15 is 0 Å². The van der Waals surface area contributed by atoms with E-state index in [1.807, 2.05) is 48.5 Å². The van der Waals surface area contributed by atoms with Gasteiger partial charge in [-0.25, -0.2) is 4.79 Å². The van der Waals surface area contributed by atoms with Gasteiger partial charge in [-0.05, 0) is 84.1 Å². The maximum Gasteiger partial charge on any atom is 0.404 e. The van der Waals surface area contributed by atoms with Gasteiger partial charge in [-0.15, -0.1) is 0 Å². The number of fused-ring (bicyclic) bond motifs is 1. The number of carbonyl (C=O) groups excluding carboxylic acids is 1. The first-order valence-corrected chi connectivity index (χ1v) is 15.2. The third-order valence-corrected chi connectivity index (χ3v) is 7.47. The van der Waals surface area contributed by atoms with Crippen LogP contribution in [0.5, 0.6) is 11.5 Å².